The molecule has 0 aliphatic carbocycles. The Morgan fingerprint density at radius 2 is 1.59 bits per heavy atom. The average molecular weight is 459 g/mol. The Morgan fingerprint density at radius 3 is 2.21 bits per heavy atom. The highest BCUT2D eigenvalue weighted by atomic mass is 35.5. The van der Waals surface area contributed by atoms with E-state index in [-0.39, 0.29) is 15.5 Å². The molecule has 0 saturated carbocycles. The molecule has 158 valence electrons. The molecule has 0 aromatic heterocycles. The number of piperazine rings is 1. The number of hydrogen-bond acceptors (Lipinski definition) is 6. The lowest BCUT2D eigenvalue weighted by atomic mass is 10.3. The number of methoxy groups -OCH3 is 1. The fraction of sp³-hybridized carbons (Fsp3) is 0.368. The number of hydrogen-bond donors (Lipinski definition) is 0. The quantitative estimate of drug-likeness (QED) is 0.632. The summed E-state index contributed by atoms with van der Waals surface area (Å²) in [6.07, 6.45) is 0. The van der Waals surface area contributed by atoms with E-state index in [0.29, 0.717) is 43.5 Å². The van der Waals surface area contributed by atoms with E-state index >= 15 is 0 Å². The van der Waals surface area contributed by atoms with Crippen LogP contribution in [0.3, 0.4) is 0 Å². The van der Waals surface area contributed by atoms with Crippen LogP contribution in [0, 0.1) is 0 Å². The molecule has 0 spiro atoms. The zero-order chi connectivity index (χ0) is 21.1. The second kappa shape index (κ2) is 9.01. The smallest absolute Gasteiger partial charge is 0.243 e. The standard InChI is InChI=1S/C19H23ClN2O5S2/c1-27-17-3-2-4-19(15-17)28(23,24)14-13-21-9-11-22(12-10-21)29(25,26)18-7-5-16(20)6-8-18/h2-8,15H,9-14H2,1H3. The Bertz CT molecular complexity index is 1050. The highest BCUT2D eigenvalue weighted by Gasteiger charge is 2.29. The lowest BCUT2D eigenvalue weighted by Gasteiger charge is -2.33. The van der Waals surface area contributed by atoms with Crippen LogP contribution >= 0.6 is 11.6 Å². The van der Waals surface area contributed by atoms with Crippen LogP contribution in [0.2, 0.25) is 5.02 Å². The Morgan fingerprint density at radius 1 is 0.931 bits per heavy atom. The molecule has 2 aromatic rings. The molecule has 0 unspecified atom stereocenters. The van der Waals surface area contributed by atoms with Crippen molar-refractivity contribution in [3.8, 4) is 5.75 Å². The van der Waals surface area contributed by atoms with Crippen molar-refractivity contribution in [1.82, 2.24) is 9.21 Å². The molecule has 3 rings (SSSR count). The third kappa shape index (κ3) is 5.29. The maximum absolute atomic E-state index is 12.7. The van der Waals surface area contributed by atoms with Gasteiger partial charge in [0.15, 0.2) is 9.84 Å². The highest BCUT2D eigenvalue weighted by molar-refractivity contribution is 7.91. The lowest BCUT2D eigenvalue weighted by molar-refractivity contribution is 0.197. The van der Waals surface area contributed by atoms with Gasteiger partial charge in [-0.25, -0.2) is 16.8 Å². The van der Waals surface area contributed by atoms with Crippen LogP contribution < -0.4 is 4.74 Å². The molecule has 1 heterocycles. The van der Waals surface area contributed by atoms with Crippen molar-refractivity contribution < 1.29 is 21.6 Å². The molecule has 1 saturated heterocycles. The SMILES string of the molecule is COc1cccc(S(=O)(=O)CCN2CCN(S(=O)(=O)c3ccc(Cl)cc3)CC2)c1. The summed E-state index contributed by atoms with van der Waals surface area (Å²) in [6, 6.07) is 12.5. The summed E-state index contributed by atoms with van der Waals surface area (Å²) in [7, 11) is -5.54. The minimum absolute atomic E-state index is 0.0376. The first-order valence-corrected chi connectivity index (χ1v) is 12.5. The van der Waals surface area contributed by atoms with Crippen molar-refractivity contribution in [2.45, 2.75) is 9.79 Å². The van der Waals surface area contributed by atoms with Gasteiger partial charge in [0.2, 0.25) is 10.0 Å². The van der Waals surface area contributed by atoms with Crippen LogP contribution in [-0.2, 0) is 19.9 Å². The van der Waals surface area contributed by atoms with Crippen molar-refractivity contribution in [2.75, 3.05) is 45.6 Å². The van der Waals surface area contributed by atoms with Gasteiger partial charge < -0.3 is 4.74 Å². The van der Waals surface area contributed by atoms with Crippen LogP contribution in [0.1, 0.15) is 0 Å². The monoisotopic (exact) mass is 458 g/mol. The van der Waals surface area contributed by atoms with Gasteiger partial charge in [0.1, 0.15) is 5.75 Å². The van der Waals surface area contributed by atoms with Crippen LogP contribution in [0.4, 0.5) is 0 Å². The number of sulfonamides is 1. The summed E-state index contributed by atoms with van der Waals surface area (Å²) in [4.78, 5) is 2.39. The zero-order valence-electron chi connectivity index (χ0n) is 16.0. The molecule has 0 amide bonds. The van der Waals surface area contributed by atoms with E-state index in [1.165, 1.54) is 29.6 Å². The van der Waals surface area contributed by atoms with Crippen LogP contribution in [-0.4, -0.2) is 71.6 Å². The third-order valence-electron chi connectivity index (χ3n) is 4.86. The van der Waals surface area contributed by atoms with E-state index in [1.807, 2.05) is 4.90 Å². The summed E-state index contributed by atoms with van der Waals surface area (Å²) < 4.78 is 57.1. The largest absolute Gasteiger partial charge is 0.497 e. The average Bonchev–Trinajstić information content (AvgIpc) is 2.73. The van der Waals surface area contributed by atoms with E-state index in [9.17, 15) is 16.8 Å². The van der Waals surface area contributed by atoms with Gasteiger partial charge in [0.25, 0.3) is 0 Å². The highest BCUT2D eigenvalue weighted by Crippen LogP contribution is 2.21. The predicted octanol–water partition coefficient (Wildman–Crippen LogP) is 2.13. The molecule has 29 heavy (non-hydrogen) atoms. The second-order valence-corrected chi connectivity index (χ2v) is 11.2. The first kappa shape index (κ1) is 22.0. The van der Waals surface area contributed by atoms with Crippen molar-refractivity contribution >= 4 is 31.5 Å². The number of nitrogens with zero attached hydrogens (tertiary/aromatic N) is 2. The molecule has 0 atom stereocenters. The summed E-state index contributed by atoms with van der Waals surface area (Å²) in [6.45, 7) is 1.91. The Hall–Kier alpha value is -1.65. The zero-order valence-corrected chi connectivity index (χ0v) is 18.4. The maximum atomic E-state index is 12.7. The van der Waals surface area contributed by atoms with Crippen LogP contribution in [0.5, 0.6) is 5.75 Å². The Labute approximate surface area is 176 Å². The predicted molar refractivity (Wildman–Crippen MR) is 112 cm³/mol. The summed E-state index contributed by atoms with van der Waals surface area (Å²) in [5.74, 6) is 0.455. The van der Waals surface area contributed by atoms with E-state index in [0.717, 1.165) is 0 Å². The fourth-order valence-corrected chi connectivity index (χ4v) is 5.97. The van der Waals surface area contributed by atoms with Crippen molar-refractivity contribution in [2.24, 2.45) is 0 Å². The molecule has 7 nitrogen and oxygen atoms in total. The molecule has 0 N–H and O–H groups in total. The summed E-state index contributed by atoms with van der Waals surface area (Å²) in [5, 5.41) is 0.478. The van der Waals surface area contributed by atoms with Crippen molar-refractivity contribution in [1.29, 1.82) is 0 Å². The van der Waals surface area contributed by atoms with Gasteiger partial charge in [-0.1, -0.05) is 17.7 Å². The lowest BCUT2D eigenvalue weighted by Crippen LogP contribution is -2.49. The first-order chi connectivity index (χ1) is 13.7. The molecule has 10 heteroatoms. The van der Waals surface area contributed by atoms with Crippen molar-refractivity contribution in [3.63, 3.8) is 0 Å². The number of ether oxygens (including phenoxy) is 1. The van der Waals surface area contributed by atoms with E-state index in [2.05, 4.69) is 0 Å². The fourth-order valence-electron chi connectivity index (χ4n) is 3.11. The molecule has 1 aliphatic rings. The molecular weight excluding hydrogens is 436 g/mol. The summed E-state index contributed by atoms with van der Waals surface area (Å²) >= 11 is 5.83. The van der Waals surface area contributed by atoms with Crippen molar-refractivity contribution in [3.05, 3.63) is 53.6 Å². The minimum atomic E-state index is -3.58. The van der Waals surface area contributed by atoms with Gasteiger partial charge in [-0.15, -0.1) is 0 Å². The molecule has 0 radical (unpaired) electrons. The van der Waals surface area contributed by atoms with Gasteiger partial charge in [-0.05, 0) is 42.5 Å². The molecule has 1 fully saturated rings. The molecule has 1 aliphatic heterocycles. The van der Waals surface area contributed by atoms with Gasteiger partial charge >= 0.3 is 0 Å². The topological polar surface area (TPSA) is 84.0 Å². The molecular formula is C19H23ClN2O5S2. The Kier molecular flexibility index (Phi) is 6.85. The maximum Gasteiger partial charge on any atom is 0.243 e. The Balaban J connectivity index is 1.57. The molecule has 2 aromatic carbocycles. The number of benzene rings is 2. The van der Waals surface area contributed by atoms with E-state index in [4.69, 9.17) is 16.3 Å². The van der Waals surface area contributed by atoms with Gasteiger partial charge in [-0.2, -0.15) is 4.31 Å². The van der Waals surface area contributed by atoms with Crippen LogP contribution in [0.15, 0.2) is 58.3 Å². The minimum Gasteiger partial charge on any atom is -0.497 e. The first-order valence-electron chi connectivity index (χ1n) is 9.07. The van der Waals surface area contributed by atoms with Gasteiger partial charge in [0.05, 0.1) is 22.7 Å². The third-order valence-corrected chi connectivity index (χ3v) is 8.72. The normalized spacial score (nSPS) is 16.6. The van der Waals surface area contributed by atoms with Gasteiger partial charge in [0, 0.05) is 37.7 Å². The van der Waals surface area contributed by atoms with E-state index < -0.39 is 19.9 Å². The molecule has 0 bridgehead atoms. The summed E-state index contributed by atoms with van der Waals surface area (Å²) in [5.41, 5.74) is 0. The number of rotatable bonds is 7. The number of halogens is 1. The van der Waals surface area contributed by atoms with Crippen LogP contribution in [0.25, 0.3) is 0 Å². The van der Waals surface area contributed by atoms with E-state index in [1.54, 1.807) is 30.3 Å². The second-order valence-electron chi connectivity index (χ2n) is 6.70. The van der Waals surface area contributed by atoms with Gasteiger partial charge in [-0.3, -0.25) is 4.90 Å². The number of sulfone groups is 1.